The molecule has 28 heavy (non-hydrogen) atoms. The molecule has 144 valence electrons. The van der Waals surface area contributed by atoms with Crippen LogP contribution in [0.1, 0.15) is 10.5 Å². The van der Waals surface area contributed by atoms with E-state index in [0.29, 0.717) is 28.6 Å². The van der Waals surface area contributed by atoms with Gasteiger partial charge in [0.1, 0.15) is 22.9 Å². The number of carbonyl (C=O) groups is 1. The van der Waals surface area contributed by atoms with Gasteiger partial charge in [0.15, 0.2) is 0 Å². The van der Waals surface area contributed by atoms with Crippen LogP contribution in [0, 0.1) is 0 Å². The molecule has 1 amide bonds. The second-order valence-corrected chi connectivity index (χ2v) is 5.78. The molecule has 0 saturated carbocycles. The third kappa shape index (κ3) is 4.32. The topological polar surface area (TPSA) is 81.7 Å². The number of benzene rings is 2. The van der Waals surface area contributed by atoms with Crippen molar-refractivity contribution in [2.45, 2.75) is 0 Å². The van der Waals surface area contributed by atoms with Crippen molar-refractivity contribution >= 4 is 23.0 Å². The van der Waals surface area contributed by atoms with Gasteiger partial charge in [-0.15, -0.1) is 0 Å². The number of pyridine rings is 1. The first kappa shape index (κ1) is 19.0. The van der Waals surface area contributed by atoms with E-state index in [4.69, 9.17) is 14.2 Å². The lowest BCUT2D eigenvalue weighted by atomic mass is 10.2. The number of rotatable bonds is 7. The van der Waals surface area contributed by atoms with Crippen LogP contribution in [0.4, 0.5) is 17.1 Å². The van der Waals surface area contributed by atoms with E-state index in [2.05, 4.69) is 15.6 Å². The molecule has 0 aliphatic rings. The van der Waals surface area contributed by atoms with Gasteiger partial charge in [0.25, 0.3) is 5.91 Å². The van der Waals surface area contributed by atoms with Crippen molar-refractivity contribution in [2.24, 2.45) is 0 Å². The molecule has 0 radical (unpaired) electrons. The van der Waals surface area contributed by atoms with Crippen molar-refractivity contribution in [1.82, 2.24) is 4.98 Å². The highest BCUT2D eigenvalue weighted by molar-refractivity contribution is 6.04. The van der Waals surface area contributed by atoms with Crippen LogP contribution in [0.5, 0.6) is 17.2 Å². The fraction of sp³-hybridized carbons (Fsp3) is 0.143. The molecule has 0 fully saturated rings. The Morgan fingerprint density at radius 3 is 2.39 bits per heavy atom. The van der Waals surface area contributed by atoms with E-state index in [9.17, 15) is 4.79 Å². The van der Waals surface area contributed by atoms with Crippen LogP contribution in [0.2, 0.25) is 0 Å². The zero-order chi connectivity index (χ0) is 19.9. The van der Waals surface area contributed by atoms with Gasteiger partial charge in [-0.25, -0.2) is 0 Å². The Labute approximate surface area is 163 Å². The predicted octanol–water partition coefficient (Wildman–Crippen LogP) is 4.10. The average Bonchev–Trinajstić information content (AvgIpc) is 2.74. The van der Waals surface area contributed by atoms with Gasteiger partial charge >= 0.3 is 0 Å². The summed E-state index contributed by atoms with van der Waals surface area (Å²) in [6.07, 6.45) is 1.56. The molecule has 0 atom stereocenters. The summed E-state index contributed by atoms with van der Waals surface area (Å²) in [7, 11) is 4.73. The molecular weight excluding hydrogens is 358 g/mol. The number of methoxy groups -OCH3 is 3. The summed E-state index contributed by atoms with van der Waals surface area (Å²) in [6, 6.07) is 16.1. The number of amides is 1. The van der Waals surface area contributed by atoms with Gasteiger partial charge in [-0.2, -0.15) is 0 Å². The van der Waals surface area contributed by atoms with Crippen molar-refractivity contribution in [3.05, 3.63) is 66.5 Å². The number of carbonyl (C=O) groups excluding carboxylic acids is 1. The zero-order valence-corrected chi connectivity index (χ0v) is 15.9. The number of nitrogens with zero attached hydrogens (tertiary/aromatic N) is 1. The Bertz CT molecular complexity index is 975. The lowest BCUT2D eigenvalue weighted by molar-refractivity contribution is 0.102. The minimum absolute atomic E-state index is 0.267. The first-order chi connectivity index (χ1) is 13.6. The Morgan fingerprint density at radius 2 is 1.64 bits per heavy atom. The van der Waals surface area contributed by atoms with Crippen LogP contribution in [0.15, 0.2) is 60.8 Å². The minimum atomic E-state index is -0.338. The van der Waals surface area contributed by atoms with Crippen molar-refractivity contribution in [2.75, 3.05) is 32.0 Å². The van der Waals surface area contributed by atoms with Gasteiger partial charge in [-0.1, -0.05) is 12.1 Å². The summed E-state index contributed by atoms with van der Waals surface area (Å²) < 4.78 is 15.9. The number of hydrogen-bond donors (Lipinski definition) is 2. The maximum Gasteiger partial charge on any atom is 0.274 e. The van der Waals surface area contributed by atoms with Gasteiger partial charge < -0.3 is 24.8 Å². The van der Waals surface area contributed by atoms with E-state index in [1.54, 1.807) is 57.9 Å². The quantitative estimate of drug-likeness (QED) is 0.643. The second-order valence-electron chi connectivity index (χ2n) is 5.78. The fourth-order valence-corrected chi connectivity index (χ4v) is 2.62. The van der Waals surface area contributed by atoms with Gasteiger partial charge in [-0.05, 0) is 36.4 Å². The maximum atomic E-state index is 12.6. The molecule has 0 unspecified atom stereocenters. The van der Waals surface area contributed by atoms with Gasteiger partial charge in [0.2, 0.25) is 0 Å². The number of aromatic nitrogens is 1. The van der Waals surface area contributed by atoms with Crippen molar-refractivity contribution in [1.29, 1.82) is 0 Å². The van der Waals surface area contributed by atoms with E-state index in [1.165, 1.54) is 0 Å². The Balaban J connectivity index is 1.80. The van der Waals surface area contributed by atoms with E-state index in [1.807, 2.05) is 24.3 Å². The third-order valence-electron chi connectivity index (χ3n) is 4.04. The van der Waals surface area contributed by atoms with Crippen molar-refractivity contribution in [3.63, 3.8) is 0 Å². The fourth-order valence-electron chi connectivity index (χ4n) is 2.62. The Kier molecular flexibility index (Phi) is 5.96. The van der Waals surface area contributed by atoms with Gasteiger partial charge in [0.05, 0.1) is 32.7 Å². The summed E-state index contributed by atoms with van der Waals surface area (Å²) in [5.41, 5.74) is 2.28. The molecule has 3 rings (SSSR count). The predicted molar refractivity (Wildman–Crippen MR) is 108 cm³/mol. The first-order valence-corrected chi connectivity index (χ1v) is 8.54. The lowest BCUT2D eigenvalue weighted by Crippen LogP contribution is -2.14. The van der Waals surface area contributed by atoms with E-state index >= 15 is 0 Å². The normalized spacial score (nSPS) is 10.1. The largest absolute Gasteiger partial charge is 0.497 e. The summed E-state index contributed by atoms with van der Waals surface area (Å²) in [4.78, 5) is 16.8. The number of anilines is 3. The summed E-state index contributed by atoms with van der Waals surface area (Å²) in [5.74, 6) is 1.55. The lowest BCUT2D eigenvalue weighted by Gasteiger charge is -2.13. The molecule has 0 saturated heterocycles. The van der Waals surface area contributed by atoms with E-state index < -0.39 is 0 Å². The molecule has 0 bridgehead atoms. The molecule has 7 heteroatoms. The Hall–Kier alpha value is -3.74. The smallest absolute Gasteiger partial charge is 0.274 e. The molecule has 2 aromatic carbocycles. The summed E-state index contributed by atoms with van der Waals surface area (Å²) >= 11 is 0. The number of hydrogen-bond acceptors (Lipinski definition) is 6. The van der Waals surface area contributed by atoms with Crippen LogP contribution in [0.25, 0.3) is 0 Å². The highest BCUT2D eigenvalue weighted by Crippen LogP contribution is 2.31. The monoisotopic (exact) mass is 379 g/mol. The van der Waals surface area contributed by atoms with Crippen molar-refractivity contribution < 1.29 is 19.0 Å². The standard InChI is InChI=1S/C21H21N3O4/c1-26-15-8-9-17(20(13-15)28-3)23-14-10-11-22-18(12-14)21(25)24-16-6-4-5-7-19(16)27-2/h4-13H,1-3H3,(H,22,23)(H,24,25). The maximum absolute atomic E-state index is 12.6. The molecular formula is C21H21N3O4. The first-order valence-electron chi connectivity index (χ1n) is 8.54. The van der Waals surface area contributed by atoms with Crippen LogP contribution >= 0.6 is 0 Å². The van der Waals surface area contributed by atoms with Crippen LogP contribution in [-0.2, 0) is 0 Å². The molecule has 7 nitrogen and oxygen atoms in total. The van der Waals surface area contributed by atoms with Crippen LogP contribution < -0.4 is 24.8 Å². The van der Waals surface area contributed by atoms with Crippen LogP contribution in [-0.4, -0.2) is 32.2 Å². The molecule has 1 heterocycles. The molecule has 0 spiro atoms. The SMILES string of the molecule is COc1ccc(Nc2ccnc(C(=O)Nc3ccccc3OC)c2)c(OC)c1. The third-order valence-corrected chi connectivity index (χ3v) is 4.04. The zero-order valence-electron chi connectivity index (χ0n) is 15.9. The highest BCUT2D eigenvalue weighted by atomic mass is 16.5. The van der Waals surface area contributed by atoms with E-state index in [-0.39, 0.29) is 11.6 Å². The van der Waals surface area contributed by atoms with Gasteiger partial charge in [-0.3, -0.25) is 9.78 Å². The number of nitrogens with one attached hydrogen (secondary N) is 2. The minimum Gasteiger partial charge on any atom is -0.497 e. The number of para-hydroxylation sites is 2. The molecule has 3 aromatic rings. The summed E-state index contributed by atoms with van der Waals surface area (Å²) in [5, 5.41) is 6.04. The number of ether oxygens (including phenoxy) is 3. The van der Waals surface area contributed by atoms with Crippen LogP contribution in [0.3, 0.4) is 0 Å². The highest BCUT2D eigenvalue weighted by Gasteiger charge is 2.12. The molecule has 0 aliphatic heterocycles. The average molecular weight is 379 g/mol. The van der Waals surface area contributed by atoms with Crippen molar-refractivity contribution in [3.8, 4) is 17.2 Å². The van der Waals surface area contributed by atoms with E-state index in [0.717, 1.165) is 5.69 Å². The molecule has 1 aromatic heterocycles. The molecule has 0 aliphatic carbocycles. The van der Waals surface area contributed by atoms with Gasteiger partial charge in [0, 0.05) is 18.0 Å². The molecule has 2 N–H and O–H groups in total. The summed E-state index contributed by atoms with van der Waals surface area (Å²) in [6.45, 7) is 0. The Morgan fingerprint density at radius 1 is 0.857 bits per heavy atom. The second kappa shape index (κ2) is 8.77.